The molecule has 0 atom stereocenters. The number of aryl methyl sites for hydroxylation is 1. The van der Waals surface area contributed by atoms with Gasteiger partial charge in [0.15, 0.2) is 0 Å². The van der Waals surface area contributed by atoms with Gasteiger partial charge in [0.1, 0.15) is 11.5 Å². The molecule has 1 aromatic carbocycles. The van der Waals surface area contributed by atoms with E-state index in [2.05, 4.69) is 10.6 Å². The van der Waals surface area contributed by atoms with E-state index in [-0.39, 0.29) is 11.8 Å². The number of benzene rings is 1. The summed E-state index contributed by atoms with van der Waals surface area (Å²) in [6.45, 7) is 7.04. The minimum Gasteiger partial charge on any atom is -0.467 e. The lowest BCUT2D eigenvalue weighted by Crippen LogP contribution is -2.25. The van der Waals surface area contributed by atoms with E-state index in [0.717, 1.165) is 16.6 Å². The van der Waals surface area contributed by atoms with Crippen LogP contribution < -0.4 is 10.6 Å². The van der Waals surface area contributed by atoms with E-state index in [9.17, 15) is 9.59 Å². The predicted molar refractivity (Wildman–Crippen MR) is 106 cm³/mol. The van der Waals surface area contributed by atoms with Gasteiger partial charge in [-0.15, -0.1) is 0 Å². The van der Waals surface area contributed by atoms with Crippen LogP contribution in [-0.2, 0) is 17.9 Å². The largest absolute Gasteiger partial charge is 0.467 e. The number of carbonyl (C=O) groups is 2. The van der Waals surface area contributed by atoms with Gasteiger partial charge >= 0.3 is 0 Å². The van der Waals surface area contributed by atoms with Crippen molar-refractivity contribution in [2.75, 3.05) is 5.32 Å². The smallest absolute Gasteiger partial charge is 0.268 e. The third kappa shape index (κ3) is 4.39. The van der Waals surface area contributed by atoms with Crippen molar-refractivity contribution in [1.29, 1.82) is 0 Å². The molecular weight excluding hydrogens is 342 g/mol. The van der Waals surface area contributed by atoms with Crippen molar-refractivity contribution in [3.63, 3.8) is 0 Å². The second-order valence-electron chi connectivity index (χ2n) is 6.96. The zero-order valence-corrected chi connectivity index (χ0v) is 15.9. The minimum atomic E-state index is -0.158. The maximum atomic E-state index is 12.6. The number of fused-ring (bicyclic) bond motifs is 1. The lowest BCUT2D eigenvalue weighted by Gasteiger charge is -2.09. The van der Waals surface area contributed by atoms with Crippen LogP contribution in [0, 0.1) is 5.92 Å². The number of nitrogens with one attached hydrogen (secondary N) is 2. The Kier molecular flexibility index (Phi) is 5.64. The third-order valence-electron chi connectivity index (χ3n) is 4.33. The van der Waals surface area contributed by atoms with Crippen LogP contribution in [0.4, 0.5) is 5.69 Å². The molecule has 0 aliphatic carbocycles. The summed E-state index contributed by atoms with van der Waals surface area (Å²) < 4.78 is 7.22. The summed E-state index contributed by atoms with van der Waals surface area (Å²) in [4.78, 5) is 24.6. The highest BCUT2D eigenvalue weighted by atomic mass is 16.3. The Bertz CT molecular complexity index is 939. The summed E-state index contributed by atoms with van der Waals surface area (Å²) in [5.41, 5.74) is 2.29. The Balaban J connectivity index is 1.81. The summed E-state index contributed by atoms with van der Waals surface area (Å²) in [6, 6.07) is 11.2. The zero-order chi connectivity index (χ0) is 19.4. The van der Waals surface area contributed by atoms with Gasteiger partial charge in [-0.05, 0) is 49.2 Å². The highest BCUT2D eigenvalue weighted by Crippen LogP contribution is 2.24. The monoisotopic (exact) mass is 367 g/mol. The van der Waals surface area contributed by atoms with Gasteiger partial charge in [-0.2, -0.15) is 0 Å². The fourth-order valence-electron chi connectivity index (χ4n) is 3.13. The molecule has 2 amide bonds. The van der Waals surface area contributed by atoms with Crippen LogP contribution in [0.25, 0.3) is 10.9 Å². The quantitative estimate of drug-likeness (QED) is 0.658. The van der Waals surface area contributed by atoms with Gasteiger partial charge in [-0.1, -0.05) is 13.8 Å². The van der Waals surface area contributed by atoms with E-state index in [4.69, 9.17) is 4.42 Å². The average molecular weight is 367 g/mol. The number of carbonyl (C=O) groups excluding carboxylic acids is 2. The number of amides is 2. The molecule has 27 heavy (non-hydrogen) atoms. The summed E-state index contributed by atoms with van der Waals surface area (Å²) in [7, 11) is 0. The van der Waals surface area contributed by atoms with E-state index in [0.29, 0.717) is 36.9 Å². The molecule has 3 rings (SSSR count). The fraction of sp³-hybridized carbons (Fsp3) is 0.333. The second-order valence-corrected chi connectivity index (χ2v) is 6.96. The SMILES string of the molecule is CCn1c(C(=O)NCc2ccco2)cc2cc(NC(=O)CC(C)C)ccc21. The normalized spacial score (nSPS) is 11.1. The number of nitrogens with zero attached hydrogens (tertiary/aromatic N) is 1. The molecule has 3 aromatic rings. The minimum absolute atomic E-state index is 0.00399. The van der Waals surface area contributed by atoms with Crippen molar-refractivity contribution in [3.05, 3.63) is 54.1 Å². The van der Waals surface area contributed by atoms with E-state index in [1.54, 1.807) is 12.3 Å². The standard InChI is InChI=1S/C21H25N3O3/c1-4-24-18-8-7-16(23-20(25)10-14(2)3)11-15(18)12-19(24)21(26)22-13-17-6-5-9-27-17/h5-9,11-12,14H,4,10,13H2,1-3H3,(H,22,26)(H,23,25). The summed E-state index contributed by atoms with van der Waals surface area (Å²) >= 11 is 0. The Morgan fingerprint density at radius 3 is 2.67 bits per heavy atom. The number of hydrogen-bond donors (Lipinski definition) is 2. The average Bonchev–Trinajstić information content (AvgIpc) is 3.25. The van der Waals surface area contributed by atoms with Crippen molar-refractivity contribution in [3.8, 4) is 0 Å². The molecule has 0 spiro atoms. The van der Waals surface area contributed by atoms with Gasteiger partial charge in [0.25, 0.3) is 5.91 Å². The lowest BCUT2D eigenvalue weighted by molar-refractivity contribution is -0.116. The van der Waals surface area contributed by atoms with Gasteiger partial charge < -0.3 is 19.6 Å². The molecule has 0 fully saturated rings. The first kappa shape index (κ1) is 18.8. The molecule has 6 heteroatoms. The molecule has 142 valence electrons. The molecule has 6 nitrogen and oxygen atoms in total. The van der Waals surface area contributed by atoms with Crippen LogP contribution in [0.15, 0.2) is 47.1 Å². The molecule has 0 saturated carbocycles. The molecule has 0 radical (unpaired) electrons. The first-order chi connectivity index (χ1) is 13.0. The highest BCUT2D eigenvalue weighted by Gasteiger charge is 2.16. The maximum Gasteiger partial charge on any atom is 0.268 e. The number of anilines is 1. The summed E-state index contributed by atoms with van der Waals surface area (Å²) in [5.74, 6) is 0.850. The van der Waals surface area contributed by atoms with Crippen molar-refractivity contribution in [2.24, 2.45) is 5.92 Å². The van der Waals surface area contributed by atoms with Crippen LogP contribution in [0.5, 0.6) is 0 Å². The van der Waals surface area contributed by atoms with Gasteiger partial charge in [0.2, 0.25) is 5.91 Å². The number of aromatic nitrogens is 1. The molecule has 2 N–H and O–H groups in total. The van der Waals surface area contributed by atoms with E-state index in [1.165, 1.54) is 0 Å². The lowest BCUT2D eigenvalue weighted by atomic mass is 10.1. The molecule has 0 aliphatic heterocycles. The Labute approximate surface area is 158 Å². The maximum absolute atomic E-state index is 12.6. The van der Waals surface area contributed by atoms with Gasteiger partial charge in [0, 0.05) is 29.6 Å². The molecule has 0 aliphatic rings. The second kappa shape index (κ2) is 8.12. The number of hydrogen-bond acceptors (Lipinski definition) is 3. The molecule has 0 unspecified atom stereocenters. The summed E-state index contributed by atoms with van der Waals surface area (Å²) in [5, 5.41) is 6.72. The van der Waals surface area contributed by atoms with Crippen molar-refractivity contribution in [1.82, 2.24) is 9.88 Å². The van der Waals surface area contributed by atoms with Crippen LogP contribution in [-0.4, -0.2) is 16.4 Å². The van der Waals surface area contributed by atoms with Crippen LogP contribution in [0.1, 0.15) is 43.4 Å². The van der Waals surface area contributed by atoms with Crippen molar-refractivity contribution < 1.29 is 14.0 Å². The Morgan fingerprint density at radius 2 is 2.00 bits per heavy atom. The van der Waals surface area contributed by atoms with Crippen molar-refractivity contribution >= 4 is 28.4 Å². The van der Waals surface area contributed by atoms with Gasteiger partial charge in [-0.3, -0.25) is 9.59 Å². The first-order valence-corrected chi connectivity index (χ1v) is 9.21. The molecule has 0 saturated heterocycles. The van der Waals surface area contributed by atoms with E-state index in [1.807, 2.05) is 55.7 Å². The number of furan rings is 1. The Hall–Kier alpha value is -3.02. The predicted octanol–water partition coefficient (Wildman–Crippen LogP) is 4.17. The molecule has 2 heterocycles. The fourth-order valence-corrected chi connectivity index (χ4v) is 3.13. The van der Waals surface area contributed by atoms with E-state index >= 15 is 0 Å². The molecule has 0 bridgehead atoms. The first-order valence-electron chi connectivity index (χ1n) is 9.21. The summed E-state index contributed by atoms with van der Waals surface area (Å²) in [6.07, 6.45) is 2.06. The molecular formula is C21H25N3O3. The Morgan fingerprint density at radius 1 is 1.19 bits per heavy atom. The topological polar surface area (TPSA) is 76.3 Å². The number of rotatable bonds is 7. The van der Waals surface area contributed by atoms with Crippen LogP contribution >= 0.6 is 0 Å². The van der Waals surface area contributed by atoms with E-state index < -0.39 is 0 Å². The molecule has 2 aromatic heterocycles. The van der Waals surface area contributed by atoms with Gasteiger partial charge in [0.05, 0.1) is 12.8 Å². The third-order valence-corrected chi connectivity index (χ3v) is 4.33. The zero-order valence-electron chi connectivity index (χ0n) is 15.9. The van der Waals surface area contributed by atoms with Gasteiger partial charge in [-0.25, -0.2) is 0 Å². The highest BCUT2D eigenvalue weighted by molar-refractivity contribution is 6.00. The van der Waals surface area contributed by atoms with Crippen LogP contribution in [0.2, 0.25) is 0 Å². The van der Waals surface area contributed by atoms with Crippen LogP contribution in [0.3, 0.4) is 0 Å². The van der Waals surface area contributed by atoms with Crippen molar-refractivity contribution in [2.45, 2.75) is 40.3 Å².